The van der Waals surface area contributed by atoms with E-state index in [0.29, 0.717) is 5.56 Å². The fourth-order valence-electron chi connectivity index (χ4n) is 1.89. The van der Waals surface area contributed by atoms with Crippen molar-refractivity contribution in [1.82, 2.24) is 5.32 Å². The van der Waals surface area contributed by atoms with Crippen LogP contribution in [0.4, 0.5) is 0 Å². The van der Waals surface area contributed by atoms with E-state index in [2.05, 4.69) is 24.1 Å². The smallest absolute Gasteiger partial charge is 0.251 e. The summed E-state index contributed by atoms with van der Waals surface area (Å²) in [6.07, 6.45) is 2.03. The summed E-state index contributed by atoms with van der Waals surface area (Å²) in [5.74, 6) is 5.42. The molecule has 3 heteroatoms. The minimum Gasteiger partial charge on any atom is -0.384 e. The Labute approximate surface area is 115 Å². The van der Waals surface area contributed by atoms with Crippen LogP contribution in [0.15, 0.2) is 18.2 Å². The Morgan fingerprint density at radius 1 is 1.47 bits per heavy atom. The van der Waals surface area contributed by atoms with Crippen molar-refractivity contribution in [1.29, 1.82) is 0 Å². The zero-order valence-corrected chi connectivity index (χ0v) is 11.8. The van der Waals surface area contributed by atoms with Gasteiger partial charge in [0.25, 0.3) is 5.91 Å². The second-order valence-corrected chi connectivity index (χ2v) is 4.65. The summed E-state index contributed by atoms with van der Waals surface area (Å²) in [4.78, 5) is 12.0. The Kier molecular flexibility index (Phi) is 6.11. The third-order valence-electron chi connectivity index (χ3n) is 2.89. The number of aryl methyl sites for hydroxylation is 1. The summed E-state index contributed by atoms with van der Waals surface area (Å²) in [6.45, 7) is 5.86. The Bertz CT molecular complexity index is 497. The van der Waals surface area contributed by atoms with Gasteiger partial charge in [0.15, 0.2) is 0 Å². The van der Waals surface area contributed by atoms with E-state index >= 15 is 0 Å². The van der Waals surface area contributed by atoms with E-state index in [9.17, 15) is 4.79 Å². The number of rotatable bonds is 4. The van der Waals surface area contributed by atoms with Gasteiger partial charge < -0.3 is 10.4 Å². The number of hydrogen-bond acceptors (Lipinski definition) is 2. The average molecular weight is 259 g/mol. The highest BCUT2D eigenvalue weighted by Crippen LogP contribution is 2.10. The van der Waals surface area contributed by atoms with Gasteiger partial charge in [0.2, 0.25) is 0 Å². The Morgan fingerprint density at radius 2 is 2.21 bits per heavy atom. The molecular weight excluding hydrogens is 238 g/mol. The molecule has 0 radical (unpaired) electrons. The summed E-state index contributed by atoms with van der Waals surface area (Å²) in [5.41, 5.74) is 2.43. The Morgan fingerprint density at radius 3 is 2.79 bits per heavy atom. The van der Waals surface area contributed by atoms with Crippen molar-refractivity contribution in [2.75, 3.05) is 6.61 Å². The van der Waals surface area contributed by atoms with Crippen LogP contribution in [0, 0.1) is 18.8 Å². The molecule has 1 aromatic rings. The van der Waals surface area contributed by atoms with E-state index in [4.69, 9.17) is 5.11 Å². The third-order valence-corrected chi connectivity index (χ3v) is 2.89. The molecule has 1 atom stereocenters. The number of benzene rings is 1. The van der Waals surface area contributed by atoms with Crippen LogP contribution in [0.3, 0.4) is 0 Å². The van der Waals surface area contributed by atoms with E-state index < -0.39 is 0 Å². The number of amides is 1. The molecule has 1 aromatic carbocycles. The van der Waals surface area contributed by atoms with Gasteiger partial charge in [0.05, 0.1) is 0 Å². The molecule has 0 saturated carbocycles. The van der Waals surface area contributed by atoms with Crippen molar-refractivity contribution in [3.63, 3.8) is 0 Å². The molecule has 1 rings (SSSR count). The van der Waals surface area contributed by atoms with Crippen LogP contribution in [0.25, 0.3) is 0 Å². The lowest BCUT2D eigenvalue weighted by atomic mass is 10.0. The van der Waals surface area contributed by atoms with Crippen molar-refractivity contribution in [2.45, 2.75) is 39.7 Å². The molecule has 1 unspecified atom stereocenters. The van der Waals surface area contributed by atoms with Gasteiger partial charge in [-0.1, -0.05) is 25.2 Å². The van der Waals surface area contributed by atoms with Gasteiger partial charge >= 0.3 is 0 Å². The highest BCUT2D eigenvalue weighted by atomic mass is 16.2. The largest absolute Gasteiger partial charge is 0.384 e. The minimum atomic E-state index is -0.157. The van der Waals surface area contributed by atoms with E-state index in [-0.39, 0.29) is 18.6 Å². The van der Waals surface area contributed by atoms with Crippen molar-refractivity contribution in [3.05, 3.63) is 34.9 Å². The molecule has 0 aliphatic heterocycles. The molecule has 0 heterocycles. The molecule has 0 spiro atoms. The molecule has 0 bridgehead atoms. The van der Waals surface area contributed by atoms with Gasteiger partial charge in [0.1, 0.15) is 6.61 Å². The molecule has 1 amide bonds. The van der Waals surface area contributed by atoms with E-state index in [1.165, 1.54) is 0 Å². The second-order valence-electron chi connectivity index (χ2n) is 4.65. The maximum Gasteiger partial charge on any atom is 0.251 e. The average Bonchev–Trinajstić information content (AvgIpc) is 2.37. The zero-order chi connectivity index (χ0) is 14.3. The molecule has 19 heavy (non-hydrogen) atoms. The topological polar surface area (TPSA) is 49.3 Å². The van der Waals surface area contributed by atoms with Gasteiger partial charge in [-0.15, -0.1) is 0 Å². The van der Waals surface area contributed by atoms with Gasteiger partial charge in [-0.2, -0.15) is 0 Å². The maximum absolute atomic E-state index is 12.0. The summed E-state index contributed by atoms with van der Waals surface area (Å²) in [6, 6.07) is 5.60. The fourth-order valence-corrected chi connectivity index (χ4v) is 1.89. The first-order chi connectivity index (χ1) is 9.08. The monoisotopic (exact) mass is 259 g/mol. The lowest BCUT2D eigenvalue weighted by Gasteiger charge is -2.13. The molecule has 0 fully saturated rings. The van der Waals surface area contributed by atoms with Crippen LogP contribution in [-0.4, -0.2) is 23.7 Å². The first kappa shape index (κ1) is 15.3. The zero-order valence-electron chi connectivity index (χ0n) is 11.8. The van der Waals surface area contributed by atoms with Crippen molar-refractivity contribution >= 4 is 5.91 Å². The Hall–Kier alpha value is -1.79. The van der Waals surface area contributed by atoms with Crippen LogP contribution in [0.5, 0.6) is 0 Å². The highest BCUT2D eigenvalue weighted by Gasteiger charge is 2.09. The van der Waals surface area contributed by atoms with Crippen molar-refractivity contribution in [2.24, 2.45) is 0 Å². The molecule has 0 saturated heterocycles. The first-order valence-electron chi connectivity index (χ1n) is 6.59. The van der Waals surface area contributed by atoms with Crippen LogP contribution in [0.2, 0.25) is 0 Å². The van der Waals surface area contributed by atoms with Gasteiger partial charge in [-0.3, -0.25) is 4.79 Å². The number of carbonyl (C=O) groups is 1. The van der Waals surface area contributed by atoms with E-state index in [1.807, 2.05) is 26.0 Å². The van der Waals surface area contributed by atoms with Crippen molar-refractivity contribution < 1.29 is 9.90 Å². The number of aliphatic hydroxyl groups excluding tert-OH is 1. The van der Waals surface area contributed by atoms with Crippen molar-refractivity contribution in [3.8, 4) is 11.8 Å². The second kappa shape index (κ2) is 7.60. The number of carbonyl (C=O) groups excluding carboxylic acids is 1. The summed E-state index contributed by atoms with van der Waals surface area (Å²) in [5, 5.41) is 11.6. The highest BCUT2D eigenvalue weighted by molar-refractivity contribution is 5.94. The summed E-state index contributed by atoms with van der Waals surface area (Å²) >= 11 is 0. The number of nitrogens with one attached hydrogen (secondary N) is 1. The van der Waals surface area contributed by atoms with E-state index in [1.54, 1.807) is 6.07 Å². The number of aliphatic hydroxyl groups is 1. The van der Waals surface area contributed by atoms with Crippen LogP contribution >= 0.6 is 0 Å². The predicted octanol–water partition coefficient (Wildman–Crippen LogP) is 2.26. The molecule has 0 aliphatic carbocycles. The predicted molar refractivity (Wildman–Crippen MR) is 77.0 cm³/mol. The van der Waals surface area contributed by atoms with Crippen LogP contribution in [-0.2, 0) is 0 Å². The first-order valence-corrected chi connectivity index (χ1v) is 6.59. The lowest BCUT2D eigenvalue weighted by molar-refractivity contribution is 0.0938. The fraction of sp³-hybridized carbons (Fsp3) is 0.438. The molecule has 0 aromatic heterocycles. The van der Waals surface area contributed by atoms with Gasteiger partial charge in [-0.25, -0.2) is 0 Å². The molecule has 0 aliphatic rings. The lowest BCUT2D eigenvalue weighted by Crippen LogP contribution is -2.32. The van der Waals surface area contributed by atoms with Crippen LogP contribution in [0.1, 0.15) is 48.2 Å². The quantitative estimate of drug-likeness (QED) is 0.815. The van der Waals surface area contributed by atoms with E-state index in [0.717, 1.165) is 24.0 Å². The molecule has 2 N–H and O–H groups in total. The SMILES string of the molecule is CCCC(C)NC(=O)c1ccc(C#CCO)c(C)c1. The molecule has 102 valence electrons. The van der Waals surface area contributed by atoms with Gasteiger partial charge in [-0.05, 0) is 44.0 Å². The molecule has 3 nitrogen and oxygen atoms in total. The van der Waals surface area contributed by atoms with Gasteiger partial charge in [0, 0.05) is 17.2 Å². The van der Waals surface area contributed by atoms with Crippen LogP contribution < -0.4 is 5.32 Å². The summed E-state index contributed by atoms with van der Waals surface area (Å²) < 4.78 is 0. The maximum atomic E-state index is 12.0. The standard InChI is InChI=1S/C16H21NO2/c1-4-6-13(3)17-16(19)15-9-8-14(7-5-10-18)12(2)11-15/h8-9,11,13,18H,4,6,10H2,1-3H3,(H,17,19). The third kappa shape index (κ3) is 4.76. The minimum absolute atomic E-state index is 0.0503. The molecular formula is C16H21NO2. The number of hydrogen-bond donors (Lipinski definition) is 2. The summed E-state index contributed by atoms with van der Waals surface area (Å²) in [7, 11) is 0. The Balaban J connectivity index is 2.80. The normalized spacial score (nSPS) is 11.4.